The second kappa shape index (κ2) is 19.2. The lowest BCUT2D eigenvalue weighted by Gasteiger charge is -2.41. The third-order valence-electron chi connectivity index (χ3n) is 10.6. The molecule has 2 aliphatic rings. The van der Waals surface area contributed by atoms with E-state index in [4.69, 9.17) is 24.5 Å². The third-order valence-corrected chi connectivity index (χ3v) is 11.7. The molecular weight excluding hydrogens is 699 g/mol. The number of ether oxygens (including phenoxy) is 2. The van der Waals surface area contributed by atoms with Crippen LogP contribution in [0.3, 0.4) is 0 Å². The third kappa shape index (κ3) is 9.23. The lowest BCUT2D eigenvalue weighted by atomic mass is 9.70. The zero-order valence-corrected chi connectivity index (χ0v) is 33.9. The molecule has 2 aromatic heterocycles. The minimum absolute atomic E-state index is 0.0700. The van der Waals surface area contributed by atoms with Crippen molar-refractivity contribution in [2.45, 2.75) is 118 Å². The fourth-order valence-corrected chi connectivity index (χ4v) is 8.84. The van der Waals surface area contributed by atoms with Crippen molar-refractivity contribution in [2.24, 2.45) is 22.7 Å². The number of aliphatic imine (C=N–C) groups is 1. The van der Waals surface area contributed by atoms with E-state index in [1.807, 2.05) is 19.1 Å². The minimum Gasteiger partial charge on any atom is -0.496 e. The van der Waals surface area contributed by atoms with E-state index in [1.54, 1.807) is 25.3 Å². The number of esters is 1. The van der Waals surface area contributed by atoms with E-state index in [1.165, 1.54) is 16.0 Å². The van der Waals surface area contributed by atoms with Crippen LogP contribution in [-0.2, 0) is 14.3 Å². The van der Waals surface area contributed by atoms with Gasteiger partial charge in [0.2, 0.25) is 5.91 Å². The van der Waals surface area contributed by atoms with Crippen LogP contribution >= 0.6 is 11.3 Å². The number of aromatic nitrogens is 3. The second-order valence-electron chi connectivity index (χ2n) is 14.6. The first-order valence-electron chi connectivity index (χ1n) is 19.9. The summed E-state index contributed by atoms with van der Waals surface area (Å²) in [4.78, 5) is 39.3. The monoisotopic (exact) mass is 755 g/mol. The number of methoxy groups -OCH3 is 1. The molecule has 0 saturated heterocycles. The summed E-state index contributed by atoms with van der Waals surface area (Å²) in [5, 5.41) is 20.3. The molecule has 3 aromatic rings. The van der Waals surface area contributed by atoms with Gasteiger partial charge in [-0.3, -0.25) is 4.79 Å². The molecule has 1 aliphatic heterocycles. The SMILES string of the molecule is CCCCC(=O)Nc1ccc(OC)c(-c2nc3n(n2)/C(=N/c2ccc(N(CC)CC)s2)C(C#N)=C3C(=O)OC2C(CCCC)CC(C)CC2CCCC)c1. The van der Waals surface area contributed by atoms with Gasteiger partial charge in [0.15, 0.2) is 17.5 Å². The van der Waals surface area contributed by atoms with Crippen molar-refractivity contribution in [3.63, 3.8) is 0 Å². The number of carbonyl (C=O) groups is 2. The Balaban J connectivity index is 1.61. The van der Waals surface area contributed by atoms with E-state index < -0.39 is 5.97 Å². The summed E-state index contributed by atoms with van der Waals surface area (Å²) in [5.41, 5.74) is 1.26. The molecule has 2 atom stereocenters. The number of anilines is 2. The molecular formula is C42H57N7O4S. The van der Waals surface area contributed by atoms with Gasteiger partial charge < -0.3 is 19.7 Å². The summed E-state index contributed by atoms with van der Waals surface area (Å²) < 4.78 is 13.8. The van der Waals surface area contributed by atoms with E-state index in [2.05, 4.69) is 50.9 Å². The average Bonchev–Trinajstić information content (AvgIpc) is 3.89. The lowest BCUT2D eigenvalue weighted by Crippen LogP contribution is -2.40. The first-order chi connectivity index (χ1) is 26.2. The number of unbranched alkanes of at least 4 members (excludes halogenated alkanes) is 3. The molecule has 1 aromatic carbocycles. The molecule has 1 amide bonds. The number of carbonyl (C=O) groups excluding carboxylic acids is 2. The van der Waals surface area contributed by atoms with Crippen molar-refractivity contribution in [1.29, 1.82) is 5.26 Å². The highest BCUT2D eigenvalue weighted by molar-refractivity contribution is 7.19. The summed E-state index contributed by atoms with van der Waals surface area (Å²) >= 11 is 1.51. The molecule has 0 radical (unpaired) electrons. The van der Waals surface area contributed by atoms with E-state index in [9.17, 15) is 14.9 Å². The maximum absolute atomic E-state index is 14.6. The maximum atomic E-state index is 14.6. The van der Waals surface area contributed by atoms with Crippen molar-refractivity contribution in [3.05, 3.63) is 41.7 Å². The zero-order chi connectivity index (χ0) is 38.8. The molecule has 5 rings (SSSR count). The van der Waals surface area contributed by atoms with E-state index in [0.29, 0.717) is 34.3 Å². The van der Waals surface area contributed by atoms with Crippen LogP contribution in [0.5, 0.6) is 5.75 Å². The van der Waals surface area contributed by atoms with Crippen molar-refractivity contribution in [3.8, 4) is 23.2 Å². The van der Waals surface area contributed by atoms with Gasteiger partial charge in [-0.05, 0) is 94.0 Å². The van der Waals surface area contributed by atoms with Gasteiger partial charge in [0.05, 0.1) is 17.7 Å². The quantitative estimate of drug-likeness (QED) is 0.127. The highest BCUT2D eigenvalue weighted by atomic mass is 32.1. The van der Waals surface area contributed by atoms with Crippen LogP contribution < -0.4 is 15.0 Å². The fourth-order valence-electron chi connectivity index (χ4n) is 7.83. The number of thiophene rings is 1. The Morgan fingerprint density at radius 3 is 2.31 bits per heavy atom. The van der Waals surface area contributed by atoms with Crippen LogP contribution in [-0.4, -0.2) is 58.8 Å². The summed E-state index contributed by atoms with van der Waals surface area (Å²) in [7, 11) is 1.56. The Morgan fingerprint density at radius 2 is 1.70 bits per heavy atom. The van der Waals surface area contributed by atoms with Crippen molar-refractivity contribution in [2.75, 3.05) is 30.4 Å². The van der Waals surface area contributed by atoms with Crippen molar-refractivity contribution < 1.29 is 19.1 Å². The predicted octanol–water partition coefficient (Wildman–Crippen LogP) is 9.81. The van der Waals surface area contributed by atoms with Gasteiger partial charge in [-0.1, -0.05) is 71.1 Å². The Kier molecular flexibility index (Phi) is 14.5. The van der Waals surface area contributed by atoms with Gasteiger partial charge in [0, 0.05) is 25.2 Å². The summed E-state index contributed by atoms with van der Waals surface area (Å²) in [6.45, 7) is 14.7. The Bertz CT molecular complexity index is 1850. The van der Waals surface area contributed by atoms with Crippen LogP contribution in [0.15, 0.2) is 40.9 Å². The summed E-state index contributed by atoms with van der Waals surface area (Å²) in [5.74, 6) is 1.58. The molecule has 11 nitrogen and oxygen atoms in total. The van der Waals surface area contributed by atoms with E-state index in [-0.39, 0.29) is 52.5 Å². The van der Waals surface area contributed by atoms with Gasteiger partial charge in [0.1, 0.15) is 34.1 Å². The molecule has 0 spiro atoms. The molecule has 290 valence electrons. The average molecular weight is 756 g/mol. The number of nitrogens with zero attached hydrogens (tertiary/aromatic N) is 6. The largest absolute Gasteiger partial charge is 0.496 e. The number of rotatable bonds is 18. The molecule has 1 fully saturated rings. The highest BCUT2D eigenvalue weighted by Gasteiger charge is 2.42. The van der Waals surface area contributed by atoms with Crippen LogP contribution in [0.4, 0.5) is 15.7 Å². The van der Waals surface area contributed by atoms with Crippen LogP contribution in [0.2, 0.25) is 0 Å². The van der Waals surface area contributed by atoms with Crippen molar-refractivity contribution in [1.82, 2.24) is 14.8 Å². The lowest BCUT2D eigenvalue weighted by molar-refractivity contribution is -0.152. The number of hydrogen-bond donors (Lipinski definition) is 1. The maximum Gasteiger partial charge on any atom is 0.343 e. The molecule has 3 heterocycles. The van der Waals surface area contributed by atoms with Gasteiger partial charge in [-0.15, -0.1) is 5.10 Å². The number of fused-ring (bicyclic) bond motifs is 1. The summed E-state index contributed by atoms with van der Waals surface area (Å²) in [6.07, 6.45) is 10.2. The van der Waals surface area contributed by atoms with Crippen molar-refractivity contribution >= 4 is 50.3 Å². The summed E-state index contributed by atoms with van der Waals surface area (Å²) in [6, 6.07) is 11.5. The van der Waals surface area contributed by atoms with Crippen LogP contribution in [0.1, 0.15) is 118 Å². The van der Waals surface area contributed by atoms with E-state index >= 15 is 0 Å². The molecule has 2 unspecified atom stereocenters. The van der Waals surface area contributed by atoms with Crippen LogP contribution in [0.25, 0.3) is 17.0 Å². The number of nitriles is 1. The fraction of sp³-hybridized carbons (Fsp3) is 0.571. The predicted molar refractivity (Wildman–Crippen MR) is 217 cm³/mol. The topological polar surface area (TPSA) is 135 Å². The Hall–Kier alpha value is -4.50. The van der Waals surface area contributed by atoms with Gasteiger partial charge in [0.25, 0.3) is 0 Å². The highest BCUT2D eigenvalue weighted by Crippen LogP contribution is 2.43. The number of hydrogen-bond acceptors (Lipinski definition) is 10. The molecule has 1 saturated carbocycles. The zero-order valence-electron chi connectivity index (χ0n) is 33.1. The molecule has 1 aliphatic carbocycles. The van der Waals surface area contributed by atoms with Gasteiger partial charge in [-0.25, -0.2) is 14.8 Å². The first kappa shape index (κ1) is 40.7. The standard InChI is InChI=1S/C42H57N7O4S/c1-8-13-16-28-23-27(6)24-29(17-14-9-2)38(28)53-42(51)37-32(26-43)40(45-35-21-22-36(54-35)48(11-4)12-5)49-41(37)46-39(47-49)31-25-30(19-20-33(31)52-7)44-34(50)18-15-10-3/h19-22,25,27-29,38H,8-18,23-24H2,1-7H3,(H,44,50)/b45-40+. The number of amides is 1. The van der Waals surface area contributed by atoms with Crippen LogP contribution in [0, 0.1) is 29.1 Å². The second-order valence-corrected chi connectivity index (χ2v) is 15.6. The number of benzene rings is 1. The smallest absolute Gasteiger partial charge is 0.343 e. The normalized spacial score (nSPS) is 20.1. The Morgan fingerprint density at radius 1 is 1.02 bits per heavy atom. The van der Waals surface area contributed by atoms with Gasteiger partial charge >= 0.3 is 5.97 Å². The molecule has 0 bridgehead atoms. The number of nitrogens with one attached hydrogen (secondary N) is 1. The molecule has 1 N–H and O–H groups in total. The first-order valence-corrected chi connectivity index (χ1v) is 20.8. The number of allylic oxidation sites excluding steroid dienone is 1. The molecule has 54 heavy (non-hydrogen) atoms. The van der Waals surface area contributed by atoms with E-state index in [0.717, 1.165) is 82.3 Å². The minimum atomic E-state index is -0.571. The van der Waals surface area contributed by atoms with Gasteiger partial charge in [-0.2, -0.15) is 9.94 Å². The molecule has 12 heteroatoms. The Labute approximate surface area is 324 Å².